The molecule has 16 heavy (non-hydrogen) atoms. The molecule has 4 nitrogen and oxygen atoms in total. The van der Waals surface area contributed by atoms with E-state index < -0.39 is 23.9 Å². The van der Waals surface area contributed by atoms with E-state index in [1.165, 1.54) is 13.3 Å². The van der Waals surface area contributed by atoms with Crippen LogP contribution in [0.25, 0.3) is 0 Å². The zero-order valence-electron chi connectivity index (χ0n) is 8.45. The van der Waals surface area contributed by atoms with Crippen LogP contribution in [0.1, 0.15) is 5.56 Å². The van der Waals surface area contributed by atoms with E-state index in [2.05, 4.69) is 4.98 Å². The van der Waals surface area contributed by atoms with Gasteiger partial charge in [0.25, 0.3) is 0 Å². The van der Waals surface area contributed by atoms with Gasteiger partial charge in [-0.05, 0) is 6.07 Å². The minimum atomic E-state index is -4.87. The molecule has 0 aliphatic heterocycles. The van der Waals surface area contributed by atoms with Crippen molar-refractivity contribution in [3.63, 3.8) is 0 Å². The standard InChI is InChI=1S/C9H11F3N2O2/c1-16-7-2-6(3-14-4-7)8(15,5-13)9(10,11)12/h2-4,15H,5,13H2,1H3. The first-order chi connectivity index (χ1) is 7.35. The van der Waals surface area contributed by atoms with E-state index >= 15 is 0 Å². The van der Waals surface area contributed by atoms with Crippen LogP contribution in [0.3, 0.4) is 0 Å². The third-order valence-electron chi connectivity index (χ3n) is 2.19. The van der Waals surface area contributed by atoms with Gasteiger partial charge in [0.15, 0.2) is 5.60 Å². The second-order valence-electron chi connectivity index (χ2n) is 3.18. The van der Waals surface area contributed by atoms with Crippen molar-refractivity contribution in [3.8, 4) is 5.75 Å². The predicted molar refractivity (Wildman–Crippen MR) is 49.8 cm³/mol. The lowest BCUT2D eigenvalue weighted by molar-refractivity contribution is -0.262. The molecule has 0 aromatic carbocycles. The van der Waals surface area contributed by atoms with Crippen molar-refractivity contribution in [1.82, 2.24) is 4.98 Å². The van der Waals surface area contributed by atoms with Gasteiger partial charge in [0.1, 0.15) is 5.75 Å². The lowest BCUT2D eigenvalue weighted by atomic mass is 9.95. The Balaban J connectivity index is 3.23. The molecule has 0 aliphatic carbocycles. The van der Waals surface area contributed by atoms with Gasteiger partial charge in [-0.15, -0.1) is 0 Å². The monoisotopic (exact) mass is 236 g/mol. The van der Waals surface area contributed by atoms with Crippen molar-refractivity contribution in [2.45, 2.75) is 11.8 Å². The molecule has 1 heterocycles. The van der Waals surface area contributed by atoms with Crippen LogP contribution in [0.5, 0.6) is 5.75 Å². The number of ether oxygens (including phenoxy) is 1. The average Bonchev–Trinajstić information content (AvgIpc) is 2.26. The van der Waals surface area contributed by atoms with Crippen molar-refractivity contribution in [2.75, 3.05) is 13.7 Å². The third kappa shape index (κ3) is 2.10. The van der Waals surface area contributed by atoms with Gasteiger partial charge in [0.05, 0.1) is 13.3 Å². The molecule has 90 valence electrons. The Kier molecular flexibility index (Phi) is 3.39. The van der Waals surface area contributed by atoms with Crippen LogP contribution in [-0.4, -0.2) is 29.9 Å². The summed E-state index contributed by atoms with van der Waals surface area (Å²) in [6.45, 7) is -0.981. The first-order valence-electron chi connectivity index (χ1n) is 4.34. The van der Waals surface area contributed by atoms with Crippen LogP contribution in [-0.2, 0) is 5.60 Å². The summed E-state index contributed by atoms with van der Waals surface area (Å²) in [5, 5.41) is 9.50. The summed E-state index contributed by atoms with van der Waals surface area (Å²) in [4.78, 5) is 3.54. The number of hydrogen-bond donors (Lipinski definition) is 2. The molecule has 1 aromatic heterocycles. The van der Waals surface area contributed by atoms with Crippen molar-refractivity contribution >= 4 is 0 Å². The third-order valence-corrected chi connectivity index (χ3v) is 2.19. The Morgan fingerprint density at radius 2 is 2.06 bits per heavy atom. The number of methoxy groups -OCH3 is 1. The van der Waals surface area contributed by atoms with Gasteiger partial charge in [-0.1, -0.05) is 0 Å². The van der Waals surface area contributed by atoms with Crippen molar-refractivity contribution in [3.05, 3.63) is 24.0 Å². The zero-order valence-corrected chi connectivity index (χ0v) is 8.45. The second-order valence-corrected chi connectivity index (χ2v) is 3.18. The minimum Gasteiger partial charge on any atom is -0.495 e. The number of alkyl halides is 3. The van der Waals surface area contributed by atoms with Gasteiger partial charge in [-0.2, -0.15) is 13.2 Å². The molecular weight excluding hydrogens is 225 g/mol. The molecule has 0 bridgehead atoms. The SMILES string of the molecule is COc1cncc(C(O)(CN)C(F)(F)F)c1. The Labute approximate surface area is 89.9 Å². The van der Waals surface area contributed by atoms with Gasteiger partial charge in [-0.25, -0.2) is 0 Å². The van der Waals surface area contributed by atoms with E-state index in [4.69, 9.17) is 10.5 Å². The van der Waals surface area contributed by atoms with Gasteiger partial charge in [0, 0.05) is 18.3 Å². The van der Waals surface area contributed by atoms with Crippen molar-refractivity contribution in [2.24, 2.45) is 5.73 Å². The summed E-state index contributed by atoms with van der Waals surface area (Å²) >= 11 is 0. The first-order valence-corrected chi connectivity index (χ1v) is 4.34. The van der Waals surface area contributed by atoms with E-state index in [1.807, 2.05) is 0 Å². The molecule has 1 atom stereocenters. The molecule has 1 rings (SSSR count). The minimum absolute atomic E-state index is 0.119. The largest absolute Gasteiger partial charge is 0.495 e. The molecule has 0 spiro atoms. The number of aliphatic hydroxyl groups is 1. The highest BCUT2D eigenvalue weighted by molar-refractivity contribution is 5.29. The summed E-state index contributed by atoms with van der Waals surface area (Å²) < 4.78 is 42.6. The number of hydrogen-bond acceptors (Lipinski definition) is 4. The molecule has 0 aliphatic rings. The lowest BCUT2D eigenvalue weighted by Crippen LogP contribution is -2.48. The smallest absolute Gasteiger partial charge is 0.422 e. The van der Waals surface area contributed by atoms with Crippen molar-refractivity contribution < 1.29 is 23.0 Å². The Morgan fingerprint density at radius 3 is 2.50 bits per heavy atom. The molecular formula is C9H11F3N2O2. The zero-order chi connectivity index (χ0) is 12.4. The summed E-state index contributed by atoms with van der Waals surface area (Å²) in [7, 11) is 1.29. The highest BCUT2D eigenvalue weighted by Gasteiger charge is 2.54. The van der Waals surface area contributed by atoms with Gasteiger partial charge >= 0.3 is 6.18 Å². The van der Waals surface area contributed by atoms with Crippen LogP contribution in [0.2, 0.25) is 0 Å². The maximum Gasteiger partial charge on any atom is 0.422 e. The molecule has 0 saturated heterocycles. The summed E-state index contributed by atoms with van der Waals surface area (Å²) in [6.07, 6.45) is -2.73. The molecule has 1 unspecified atom stereocenters. The molecule has 3 N–H and O–H groups in total. The van der Waals surface area contributed by atoms with E-state index in [-0.39, 0.29) is 5.75 Å². The summed E-state index contributed by atoms with van der Waals surface area (Å²) in [5.41, 5.74) is 1.43. The highest BCUT2D eigenvalue weighted by atomic mass is 19.4. The fourth-order valence-electron chi connectivity index (χ4n) is 1.15. The average molecular weight is 236 g/mol. The predicted octanol–water partition coefficient (Wildman–Crippen LogP) is 0.799. The summed E-state index contributed by atoms with van der Waals surface area (Å²) in [5.74, 6) is 0.119. The number of aromatic nitrogens is 1. The normalized spacial score (nSPS) is 15.6. The fraction of sp³-hybridized carbons (Fsp3) is 0.444. The Hall–Kier alpha value is -1.34. The van der Waals surface area contributed by atoms with Crippen molar-refractivity contribution in [1.29, 1.82) is 0 Å². The number of halogens is 3. The Bertz CT molecular complexity index is 370. The maximum atomic E-state index is 12.6. The highest BCUT2D eigenvalue weighted by Crippen LogP contribution is 2.38. The second kappa shape index (κ2) is 4.26. The topological polar surface area (TPSA) is 68.4 Å². The van der Waals surface area contributed by atoms with Crippen LogP contribution in [0, 0.1) is 0 Å². The lowest BCUT2D eigenvalue weighted by Gasteiger charge is -2.29. The number of rotatable bonds is 3. The molecule has 0 fully saturated rings. The fourth-order valence-corrected chi connectivity index (χ4v) is 1.15. The number of nitrogens with zero attached hydrogens (tertiary/aromatic N) is 1. The van der Waals surface area contributed by atoms with Gasteiger partial charge in [-0.3, -0.25) is 4.98 Å². The van der Waals surface area contributed by atoms with Crippen LogP contribution < -0.4 is 10.5 Å². The van der Waals surface area contributed by atoms with Gasteiger partial charge < -0.3 is 15.6 Å². The molecule has 1 aromatic rings. The van der Waals surface area contributed by atoms with E-state index in [9.17, 15) is 18.3 Å². The maximum absolute atomic E-state index is 12.6. The molecule has 0 radical (unpaired) electrons. The van der Waals surface area contributed by atoms with Crippen LogP contribution in [0.4, 0.5) is 13.2 Å². The van der Waals surface area contributed by atoms with Crippen LogP contribution in [0.15, 0.2) is 18.5 Å². The van der Waals surface area contributed by atoms with E-state index in [1.54, 1.807) is 0 Å². The van der Waals surface area contributed by atoms with E-state index in [0.29, 0.717) is 0 Å². The van der Waals surface area contributed by atoms with Gasteiger partial charge in [0.2, 0.25) is 0 Å². The molecule has 0 saturated carbocycles. The summed E-state index contributed by atoms with van der Waals surface area (Å²) in [6, 6.07) is 1.05. The number of pyridine rings is 1. The number of nitrogens with two attached hydrogens (primary N) is 1. The molecule has 0 amide bonds. The Morgan fingerprint density at radius 1 is 1.44 bits per heavy atom. The first kappa shape index (κ1) is 12.7. The van der Waals surface area contributed by atoms with E-state index in [0.717, 1.165) is 12.3 Å². The quantitative estimate of drug-likeness (QED) is 0.814. The molecule has 7 heteroatoms. The van der Waals surface area contributed by atoms with Crippen LogP contribution >= 0.6 is 0 Å².